The van der Waals surface area contributed by atoms with Gasteiger partial charge in [0.2, 0.25) is 0 Å². The molecule has 0 amide bonds. The van der Waals surface area contributed by atoms with Gasteiger partial charge in [-0.15, -0.1) is 0 Å². The van der Waals surface area contributed by atoms with Gasteiger partial charge >= 0.3 is 0 Å². The van der Waals surface area contributed by atoms with Gasteiger partial charge in [0.1, 0.15) is 17.3 Å². The van der Waals surface area contributed by atoms with E-state index in [1.54, 1.807) is 6.92 Å². The Labute approximate surface area is 164 Å². The van der Waals surface area contributed by atoms with Crippen LogP contribution in [-0.2, 0) is 6.42 Å². The maximum Gasteiger partial charge on any atom is 0.135 e. The Bertz CT molecular complexity index is 926. The average molecular weight is 386 g/mol. The summed E-state index contributed by atoms with van der Waals surface area (Å²) in [6.45, 7) is 5.81. The molecule has 5 heteroatoms. The molecule has 1 aliphatic rings. The van der Waals surface area contributed by atoms with Crippen LogP contribution in [0.2, 0.25) is 0 Å². The van der Waals surface area contributed by atoms with E-state index in [9.17, 15) is 8.78 Å². The summed E-state index contributed by atoms with van der Waals surface area (Å²) >= 11 is 0. The van der Waals surface area contributed by atoms with E-state index in [4.69, 9.17) is 11.4 Å². The van der Waals surface area contributed by atoms with E-state index in [2.05, 4.69) is 11.4 Å². The molecule has 1 saturated carbocycles. The second kappa shape index (κ2) is 7.87. The molecule has 0 saturated heterocycles. The molecule has 1 fully saturated rings. The highest BCUT2D eigenvalue weighted by molar-refractivity contribution is 5.67. The molecule has 0 bridgehead atoms. The lowest BCUT2D eigenvalue weighted by atomic mass is 9.91. The van der Waals surface area contributed by atoms with Crippen LogP contribution in [0.5, 0.6) is 0 Å². The molecular weight excluding hydrogens is 361 g/mol. The number of terminal acetylenes is 1. The molecule has 1 heterocycles. The molecule has 1 aromatic heterocycles. The number of aryl methyl sites for hydroxylation is 2. The molecule has 1 aliphatic carbocycles. The number of hydrogen-bond acceptors (Lipinski definition) is 2. The van der Waals surface area contributed by atoms with Crippen molar-refractivity contribution in [3.8, 4) is 23.7 Å². The minimum atomic E-state index is -1.34. The van der Waals surface area contributed by atoms with Gasteiger partial charge in [-0.2, -0.15) is 0 Å². The maximum absolute atomic E-state index is 15.0. The Balaban J connectivity index is 2.18. The van der Waals surface area contributed by atoms with Crippen LogP contribution in [0.1, 0.15) is 54.5 Å². The van der Waals surface area contributed by atoms with E-state index in [0.29, 0.717) is 36.2 Å². The van der Waals surface area contributed by atoms with Crippen LogP contribution in [0.15, 0.2) is 18.2 Å². The summed E-state index contributed by atoms with van der Waals surface area (Å²) in [6.07, 6.45) is 7.77. The Morgan fingerprint density at radius 1 is 1.18 bits per heavy atom. The normalized spacial score (nSPS) is 15.8. The highest BCUT2D eigenvalue weighted by atomic mass is 19.1. The van der Waals surface area contributed by atoms with Crippen molar-refractivity contribution in [1.82, 2.24) is 10.3 Å². The Kier molecular flexibility index (Phi) is 5.69. The van der Waals surface area contributed by atoms with Crippen molar-refractivity contribution in [2.45, 2.75) is 58.0 Å². The number of pyridine rings is 1. The monoisotopic (exact) mass is 386 g/mol. The van der Waals surface area contributed by atoms with E-state index in [0.717, 1.165) is 23.6 Å². The van der Waals surface area contributed by atoms with Crippen molar-refractivity contribution in [3.63, 3.8) is 0 Å². The zero-order valence-electron chi connectivity index (χ0n) is 16.5. The first-order valence-corrected chi connectivity index (χ1v) is 9.64. The fourth-order valence-electron chi connectivity index (χ4n) is 3.71. The number of halogens is 3. The first-order chi connectivity index (χ1) is 13.3. The molecule has 3 rings (SSSR count). The fraction of sp³-hybridized carbons (Fsp3) is 0.435. The lowest BCUT2D eigenvalue weighted by Crippen LogP contribution is -2.27. The van der Waals surface area contributed by atoms with E-state index in [1.165, 1.54) is 6.07 Å². The molecule has 0 spiro atoms. The topological polar surface area (TPSA) is 24.9 Å². The van der Waals surface area contributed by atoms with E-state index in [-0.39, 0.29) is 12.1 Å². The number of nitrogens with zero attached hydrogens (tertiary/aromatic N) is 1. The third kappa shape index (κ3) is 3.87. The SMILES string of the molecule is C#CNCC(c1cc(C)c(CCC)c(-c2cc(C)c(F)cc2F)n1)C1(F)CC1. The smallest absolute Gasteiger partial charge is 0.135 e. The average Bonchev–Trinajstić information content (AvgIpc) is 3.39. The van der Waals surface area contributed by atoms with Crippen molar-refractivity contribution >= 4 is 0 Å². The van der Waals surface area contributed by atoms with Crippen LogP contribution in [0.25, 0.3) is 11.3 Å². The summed E-state index contributed by atoms with van der Waals surface area (Å²) in [6, 6.07) is 6.58. The second-order valence-corrected chi connectivity index (χ2v) is 7.63. The van der Waals surface area contributed by atoms with Gasteiger partial charge in [0.25, 0.3) is 0 Å². The van der Waals surface area contributed by atoms with Crippen molar-refractivity contribution in [2.75, 3.05) is 6.54 Å². The largest absolute Gasteiger partial charge is 0.345 e. The number of alkyl halides is 1. The number of hydrogen-bond donors (Lipinski definition) is 1. The molecule has 1 unspecified atom stereocenters. The molecular formula is C23H25F3N2. The van der Waals surface area contributed by atoms with Gasteiger partial charge in [0.15, 0.2) is 0 Å². The van der Waals surface area contributed by atoms with Crippen molar-refractivity contribution in [2.24, 2.45) is 0 Å². The molecule has 2 nitrogen and oxygen atoms in total. The summed E-state index contributed by atoms with van der Waals surface area (Å²) in [5.41, 5.74) is 2.10. The first-order valence-electron chi connectivity index (χ1n) is 9.64. The van der Waals surface area contributed by atoms with Crippen LogP contribution in [0.4, 0.5) is 13.2 Å². The summed E-state index contributed by atoms with van der Waals surface area (Å²) in [5.74, 6) is -1.77. The van der Waals surface area contributed by atoms with E-state index < -0.39 is 23.2 Å². The van der Waals surface area contributed by atoms with Gasteiger partial charge in [0, 0.05) is 29.9 Å². The Hall–Kier alpha value is -2.48. The highest BCUT2D eigenvalue weighted by Crippen LogP contribution is 2.50. The minimum Gasteiger partial charge on any atom is -0.345 e. The maximum atomic E-state index is 15.0. The zero-order valence-corrected chi connectivity index (χ0v) is 16.5. The first kappa shape index (κ1) is 20.3. The van der Waals surface area contributed by atoms with Crippen LogP contribution in [-0.4, -0.2) is 17.2 Å². The molecule has 0 aliphatic heterocycles. The predicted molar refractivity (Wildman–Crippen MR) is 106 cm³/mol. The number of rotatable bonds is 7. The van der Waals surface area contributed by atoms with Crippen molar-refractivity contribution in [3.05, 3.63) is 52.2 Å². The molecule has 1 N–H and O–H groups in total. The molecule has 0 radical (unpaired) electrons. The summed E-state index contributed by atoms with van der Waals surface area (Å²) in [7, 11) is 0. The summed E-state index contributed by atoms with van der Waals surface area (Å²) < 4.78 is 43.4. The van der Waals surface area contributed by atoms with Crippen LogP contribution in [0.3, 0.4) is 0 Å². The molecule has 1 aromatic carbocycles. The van der Waals surface area contributed by atoms with Gasteiger partial charge in [0.05, 0.1) is 11.6 Å². The van der Waals surface area contributed by atoms with Crippen LogP contribution in [0, 0.1) is 37.9 Å². The van der Waals surface area contributed by atoms with Gasteiger partial charge in [-0.3, -0.25) is 4.98 Å². The number of aromatic nitrogens is 1. The fourth-order valence-corrected chi connectivity index (χ4v) is 3.71. The molecule has 28 heavy (non-hydrogen) atoms. The third-order valence-electron chi connectivity index (χ3n) is 5.49. The quantitative estimate of drug-likeness (QED) is 0.512. The number of benzene rings is 1. The van der Waals surface area contributed by atoms with Crippen molar-refractivity contribution in [1.29, 1.82) is 0 Å². The van der Waals surface area contributed by atoms with Crippen LogP contribution < -0.4 is 5.32 Å². The van der Waals surface area contributed by atoms with Gasteiger partial charge in [-0.25, -0.2) is 13.2 Å². The van der Waals surface area contributed by atoms with Gasteiger partial charge in [-0.05, 0) is 61.9 Å². The van der Waals surface area contributed by atoms with Gasteiger partial charge < -0.3 is 5.32 Å². The Morgan fingerprint density at radius 3 is 2.50 bits per heavy atom. The van der Waals surface area contributed by atoms with Gasteiger partial charge in [-0.1, -0.05) is 19.8 Å². The predicted octanol–water partition coefficient (Wildman–Crippen LogP) is 5.36. The highest BCUT2D eigenvalue weighted by Gasteiger charge is 2.51. The lowest BCUT2D eigenvalue weighted by molar-refractivity contribution is 0.251. The lowest BCUT2D eigenvalue weighted by Gasteiger charge is -2.23. The number of nitrogens with one attached hydrogen (secondary N) is 1. The standard InChI is InChI=1S/C23H25F3N2/c1-5-7-16-14(3)11-21(18(13-27-6-2)23(26)8-9-23)28-22(16)17-10-15(4)19(24)12-20(17)25/h2,10-12,18,27H,5,7-9,13H2,1,3-4H3. The zero-order chi connectivity index (χ0) is 20.5. The summed E-state index contributed by atoms with van der Waals surface area (Å²) in [4.78, 5) is 4.70. The van der Waals surface area contributed by atoms with Crippen molar-refractivity contribution < 1.29 is 13.2 Å². The van der Waals surface area contributed by atoms with Crippen LogP contribution >= 0.6 is 0 Å². The van der Waals surface area contributed by atoms with E-state index in [1.807, 2.05) is 19.9 Å². The second-order valence-electron chi connectivity index (χ2n) is 7.63. The van der Waals surface area contributed by atoms with E-state index >= 15 is 4.39 Å². The molecule has 1 atom stereocenters. The molecule has 148 valence electrons. The summed E-state index contributed by atoms with van der Waals surface area (Å²) in [5, 5.41) is 2.76. The Morgan fingerprint density at radius 2 is 1.89 bits per heavy atom. The minimum absolute atomic E-state index is 0.250. The molecule has 2 aromatic rings. The third-order valence-corrected chi connectivity index (χ3v) is 5.49.